The Balaban J connectivity index is 1.35. The summed E-state index contributed by atoms with van der Waals surface area (Å²) in [6.45, 7) is 2.06. The lowest BCUT2D eigenvalue weighted by Crippen LogP contribution is -2.37. The minimum atomic E-state index is -0.807. The van der Waals surface area contributed by atoms with Gasteiger partial charge in [-0.05, 0) is 61.4 Å². The summed E-state index contributed by atoms with van der Waals surface area (Å²) in [4.78, 5) is 30.2. The number of nitrogens with zero attached hydrogens (tertiary/aromatic N) is 1. The van der Waals surface area contributed by atoms with Gasteiger partial charge in [-0.15, -0.1) is 0 Å². The summed E-state index contributed by atoms with van der Waals surface area (Å²) >= 11 is 0. The standard InChI is InChI=1S/C29H29N3O5/c1-19(28(33)30-17-16-20-12-14-25(35-2)26(18-20)36-3)37-24-11-7-5-9-22(24)29(34)32-27-15-13-21-8-4-6-10-23(21)31-27/h4-15,18-19H,16-17H2,1-3H3,(H,30,33)(H,31,32,34). The van der Waals surface area contributed by atoms with Crippen molar-refractivity contribution >= 4 is 28.5 Å². The van der Waals surface area contributed by atoms with Crippen molar-refractivity contribution in [3.63, 3.8) is 0 Å². The van der Waals surface area contributed by atoms with E-state index in [2.05, 4.69) is 15.6 Å². The smallest absolute Gasteiger partial charge is 0.260 e. The molecule has 4 rings (SSSR count). The van der Waals surface area contributed by atoms with E-state index in [4.69, 9.17) is 14.2 Å². The molecule has 0 fully saturated rings. The highest BCUT2D eigenvalue weighted by atomic mass is 16.5. The van der Waals surface area contributed by atoms with E-state index in [1.807, 2.05) is 48.5 Å². The van der Waals surface area contributed by atoms with Gasteiger partial charge in [0.2, 0.25) is 0 Å². The quantitative estimate of drug-likeness (QED) is 0.330. The summed E-state index contributed by atoms with van der Waals surface area (Å²) in [6.07, 6.45) is -0.200. The van der Waals surface area contributed by atoms with Gasteiger partial charge in [0.05, 0.1) is 25.3 Å². The first kappa shape index (κ1) is 25.5. The fourth-order valence-corrected chi connectivity index (χ4v) is 3.83. The van der Waals surface area contributed by atoms with Crippen molar-refractivity contribution in [2.24, 2.45) is 0 Å². The van der Waals surface area contributed by atoms with Gasteiger partial charge in [0.15, 0.2) is 17.6 Å². The average molecular weight is 500 g/mol. The van der Waals surface area contributed by atoms with Crippen molar-refractivity contribution in [1.82, 2.24) is 10.3 Å². The molecule has 0 radical (unpaired) electrons. The Morgan fingerprint density at radius 1 is 0.865 bits per heavy atom. The van der Waals surface area contributed by atoms with Crippen molar-refractivity contribution in [3.05, 3.63) is 90.0 Å². The molecule has 190 valence electrons. The van der Waals surface area contributed by atoms with Crippen molar-refractivity contribution in [2.75, 3.05) is 26.1 Å². The minimum Gasteiger partial charge on any atom is -0.493 e. The minimum absolute atomic E-state index is 0.285. The number of carbonyl (C=O) groups is 2. The summed E-state index contributed by atoms with van der Waals surface area (Å²) in [5.74, 6) is 1.36. The van der Waals surface area contributed by atoms with Crippen LogP contribution in [0.5, 0.6) is 17.2 Å². The molecule has 3 aromatic carbocycles. The lowest BCUT2D eigenvalue weighted by molar-refractivity contribution is -0.127. The number of hydrogen-bond acceptors (Lipinski definition) is 6. The fourth-order valence-electron chi connectivity index (χ4n) is 3.83. The van der Waals surface area contributed by atoms with E-state index in [9.17, 15) is 9.59 Å². The normalized spacial score (nSPS) is 11.4. The molecule has 1 unspecified atom stereocenters. The molecule has 37 heavy (non-hydrogen) atoms. The van der Waals surface area contributed by atoms with E-state index < -0.39 is 6.10 Å². The first-order valence-corrected chi connectivity index (χ1v) is 11.9. The predicted molar refractivity (Wildman–Crippen MR) is 142 cm³/mol. The zero-order valence-electron chi connectivity index (χ0n) is 21.0. The number of para-hydroxylation sites is 2. The number of ether oxygens (including phenoxy) is 3. The number of carbonyl (C=O) groups excluding carboxylic acids is 2. The number of amides is 2. The van der Waals surface area contributed by atoms with Crippen LogP contribution >= 0.6 is 0 Å². The second kappa shape index (κ2) is 11.9. The van der Waals surface area contributed by atoms with Crippen LogP contribution in [0.2, 0.25) is 0 Å². The number of hydrogen-bond donors (Lipinski definition) is 2. The summed E-state index contributed by atoms with van der Waals surface area (Å²) in [5, 5.41) is 6.67. The van der Waals surface area contributed by atoms with Gasteiger partial charge in [-0.1, -0.05) is 36.4 Å². The predicted octanol–water partition coefficient (Wildman–Crippen LogP) is 4.63. The van der Waals surface area contributed by atoms with E-state index in [0.717, 1.165) is 16.5 Å². The zero-order valence-corrected chi connectivity index (χ0v) is 21.0. The molecule has 0 saturated carbocycles. The Kier molecular flexibility index (Phi) is 8.20. The topological polar surface area (TPSA) is 98.8 Å². The molecule has 1 aromatic heterocycles. The van der Waals surface area contributed by atoms with Crippen molar-refractivity contribution in [1.29, 1.82) is 0 Å². The van der Waals surface area contributed by atoms with E-state index in [1.54, 1.807) is 51.5 Å². The maximum absolute atomic E-state index is 13.0. The van der Waals surface area contributed by atoms with E-state index >= 15 is 0 Å². The van der Waals surface area contributed by atoms with E-state index in [1.165, 1.54) is 0 Å². The lowest BCUT2D eigenvalue weighted by atomic mass is 10.1. The van der Waals surface area contributed by atoms with Crippen molar-refractivity contribution < 1.29 is 23.8 Å². The fraction of sp³-hybridized carbons (Fsp3) is 0.207. The number of methoxy groups -OCH3 is 2. The molecule has 0 bridgehead atoms. The van der Waals surface area contributed by atoms with Gasteiger partial charge in [0.1, 0.15) is 11.6 Å². The van der Waals surface area contributed by atoms with E-state index in [-0.39, 0.29) is 11.8 Å². The zero-order chi connectivity index (χ0) is 26.2. The van der Waals surface area contributed by atoms with Crippen LogP contribution in [0.3, 0.4) is 0 Å². The molecule has 1 atom stereocenters. The molecular formula is C29H29N3O5. The highest BCUT2D eigenvalue weighted by Crippen LogP contribution is 2.27. The maximum atomic E-state index is 13.0. The van der Waals surface area contributed by atoms with Crippen LogP contribution in [0.4, 0.5) is 5.82 Å². The Labute approximate surface area is 215 Å². The van der Waals surface area contributed by atoms with Crippen LogP contribution in [0.15, 0.2) is 78.9 Å². The van der Waals surface area contributed by atoms with Gasteiger partial charge in [0, 0.05) is 11.9 Å². The first-order chi connectivity index (χ1) is 18.0. The largest absolute Gasteiger partial charge is 0.493 e. The molecule has 8 heteroatoms. The van der Waals surface area contributed by atoms with Gasteiger partial charge in [-0.3, -0.25) is 9.59 Å². The van der Waals surface area contributed by atoms with Crippen LogP contribution in [-0.4, -0.2) is 43.7 Å². The van der Waals surface area contributed by atoms with Gasteiger partial charge in [0.25, 0.3) is 11.8 Å². The van der Waals surface area contributed by atoms with Crippen LogP contribution in [0, 0.1) is 0 Å². The third kappa shape index (κ3) is 6.35. The van der Waals surface area contributed by atoms with Crippen LogP contribution in [-0.2, 0) is 11.2 Å². The molecule has 2 N–H and O–H groups in total. The summed E-state index contributed by atoms with van der Waals surface area (Å²) in [6, 6.07) is 23.7. The van der Waals surface area contributed by atoms with Gasteiger partial charge >= 0.3 is 0 Å². The molecule has 0 aliphatic rings. The molecule has 2 amide bonds. The van der Waals surface area contributed by atoms with Crippen molar-refractivity contribution in [3.8, 4) is 17.2 Å². The Morgan fingerprint density at radius 3 is 2.43 bits per heavy atom. The van der Waals surface area contributed by atoms with Crippen molar-refractivity contribution in [2.45, 2.75) is 19.4 Å². The van der Waals surface area contributed by atoms with Gasteiger partial charge < -0.3 is 24.8 Å². The first-order valence-electron chi connectivity index (χ1n) is 11.9. The van der Waals surface area contributed by atoms with Gasteiger partial charge in [-0.2, -0.15) is 0 Å². The highest BCUT2D eigenvalue weighted by Gasteiger charge is 2.19. The van der Waals surface area contributed by atoms with Crippen LogP contribution in [0.25, 0.3) is 10.9 Å². The SMILES string of the molecule is COc1ccc(CCNC(=O)C(C)Oc2ccccc2C(=O)Nc2ccc3ccccc3n2)cc1OC. The Bertz CT molecular complexity index is 1410. The summed E-state index contributed by atoms with van der Waals surface area (Å²) < 4.78 is 16.5. The number of aromatic nitrogens is 1. The third-order valence-corrected chi connectivity index (χ3v) is 5.81. The van der Waals surface area contributed by atoms with Crippen LogP contribution < -0.4 is 24.8 Å². The summed E-state index contributed by atoms with van der Waals surface area (Å²) in [5.41, 5.74) is 2.08. The molecule has 0 aliphatic carbocycles. The van der Waals surface area contributed by atoms with Crippen LogP contribution in [0.1, 0.15) is 22.8 Å². The van der Waals surface area contributed by atoms with E-state index in [0.29, 0.717) is 41.6 Å². The van der Waals surface area contributed by atoms with Gasteiger partial charge in [-0.25, -0.2) is 4.98 Å². The second-order valence-electron chi connectivity index (χ2n) is 8.33. The number of nitrogens with one attached hydrogen (secondary N) is 2. The molecule has 4 aromatic rings. The molecule has 0 saturated heterocycles. The monoisotopic (exact) mass is 499 g/mol. The maximum Gasteiger partial charge on any atom is 0.260 e. The Hall–Kier alpha value is -4.59. The molecular weight excluding hydrogens is 470 g/mol. The molecule has 8 nitrogen and oxygen atoms in total. The molecule has 0 spiro atoms. The molecule has 1 heterocycles. The Morgan fingerprint density at radius 2 is 1.62 bits per heavy atom. The average Bonchev–Trinajstić information content (AvgIpc) is 2.93. The number of benzene rings is 3. The number of fused-ring (bicyclic) bond motifs is 1. The summed E-state index contributed by atoms with van der Waals surface area (Å²) in [7, 11) is 3.17. The number of pyridine rings is 1. The highest BCUT2D eigenvalue weighted by molar-refractivity contribution is 6.06. The lowest BCUT2D eigenvalue weighted by Gasteiger charge is -2.17. The molecule has 0 aliphatic heterocycles. The second-order valence-corrected chi connectivity index (χ2v) is 8.33. The third-order valence-electron chi connectivity index (χ3n) is 5.81. The number of anilines is 1. The number of rotatable bonds is 10.